The minimum absolute atomic E-state index is 0.0825. The quantitative estimate of drug-likeness (QED) is 0.347. The molecular weight excluding hydrogens is 650 g/mol. The predicted molar refractivity (Wildman–Crippen MR) is 183 cm³/mol. The van der Waals surface area contributed by atoms with Crippen LogP contribution in [0.25, 0.3) is 10.9 Å². The van der Waals surface area contributed by atoms with Crippen LogP contribution in [0.1, 0.15) is 77.7 Å². The van der Waals surface area contributed by atoms with E-state index in [-0.39, 0.29) is 37.3 Å². The number of carbonyl (C=O) groups is 3. The van der Waals surface area contributed by atoms with Gasteiger partial charge in [-0.2, -0.15) is 0 Å². The van der Waals surface area contributed by atoms with Crippen LogP contribution in [0.15, 0.2) is 30.4 Å². The fourth-order valence-corrected chi connectivity index (χ4v) is 8.13. The van der Waals surface area contributed by atoms with E-state index in [0.29, 0.717) is 60.4 Å². The number of pyridine rings is 1. The number of nitrogens with two attached hydrogens (primary N) is 1. The molecule has 49 heavy (non-hydrogen) atoms. The predicted octanol–water partition coefficient (Wildman–Crippen LogP) is 3.02. The summed E-state index contributed by atoms with van der Waals surface area (Å²) in [7, 11) is -2.35. The van der Waals surface area contributed by atoms with Crippen LogP contribution in [0.3, 0.4) is 0 Å². The third kappa shape index (κ3) is 6.81. The Labute approximate surface area is 287 Å². The van der Waals surface area contributed by atoms with Crippen molar-refractivity contribution in [3.05, 3.63) is 35.9 Å². The van der Waals surface area contributed by atoms with Gasteiger partial charge in [0.1, 0.15) is 29.2 Å². The van der Waals surface area contributed by atoms with Gasteiger partial charge in [0.15, 0.2) is 0 Å². The van der Waals surface area contributed by atoms with Crippen LogP contribution in [0.4, 0.5) is 0 Å². The lowest BCUT2D eigenvalue weighted by Crippen LogP contribution is -2.58. The second kappa shape index (κ2) is 13.1. The van der Waals surface area contributed by atoms with Crippen molar-refractivity contribution >= 4 is 38.6 Å². The minimum atomic E-state index is -3.94. The molecule has 1 aromatic carbocycles. The summed E-state index contributed by atoms with van der Waals surface area (Å²) in [4.78, 5) is 47.8. The molecule has 2 aliphatic carbocycles. The first kappa shape index (κ1) is 34.9. The van der Waals surface area contributed by atoms with E-state index in [9.17, 15) is 22.8 Å². The molecule has 3 fully saturated rings. The average molecular weight is 698 g/mol. The highest BCUT2D eigenvalue weighted by Crippen LogP contribution is 2.47. The van der Waals surface area contributed by atoms with E-state index in [1.165, 1.54) is 4.90 Å². The van der Waals surface area contributed by atoms with Crippen molar-refractivity contribution in [2.75, 3.05) is 13.7 Å². The molecule has 1 aromatic heterocycles. The first-order valence-electron chi connectivity index (χ1n) is 17.1. The molecule has 4 aliphatic rings. The highest BCUT2D eigenvalue weighted by molar-refractivity contribution is 7.91. The number of aryl methyl sites for hydroxylation is 1. The van der Waals surface area contributed by atoms with Crippen LogP contribution in [0, 0.1) is 12.8 Å². The molecule has 6 rings (SSSR count). The smallest absolute Gasteiger partial charge is 0.259 e. The number of nitrogens with zero attached hydrogens (tertiary/aromatic N) is 2. The van der Waals surface area contributed by atoms with E-state index in [1.807, 2.05) is 45.1 Å². The van der Waals surface area contributed by atoms with E-state index in [0.717, 1.165) is 12.0 Å². The van der Waals surface area contributed by atoms with Gasteiger partial charge in [-0.25, -0.2) is 13.4 Å². The van der Waals surface area contributed by atoms with Crippen LogP contribution >= 0.6 is 0 Å². The standard InChI is InChI=1S/C35H47N5O8S/c1-20(2)47-29-17-28(24-12-13-27(46-5)21(3)30(24)37-29)48-23-16-26-31(41)38-35(33(43)39-49(44,45)34(4)14-15-34)18-22(35)10-8-6-7-9-11-25(36)32(42)40(26)19-23/h8,10,12-13,17,20,22-23,25-26H,6-7,9,11,14-16,18-19,36H2,1-5H3,(H,38,41)(H,39,43)/b10-8-/t22?,23-,25+,26+,35-/m1/s1. The zero-order chi connectivity index (χ0) is 35.3. The summed E-state index contributed by atoms with van der Waals surface area (Å²) in [6.45, 7) is 7.37. The Morgan fingerprint density at radius 1 is 1.18 bits per heavy atom. The first-order valence-corrected chi connectivity index (χ1v) is 18.6. The molecule has 2 aromatic rings. The second-order valence-electron chi connectivity index (χ2n) is 14.4. The summed E-state index contributed by atoms with van der Waals surface area (Å²) in [5.41, 5.74) is 6.38. The number of benzene rings is 1. The number of hydrogen-bond acceptors (Lipinski definition) is 10. The summed E-state index contributed by atoms with van der Waals surface area (Å²) in [5, 5.41) is 3.60. The van der Waals surface area contributed by atoms with Crippen molar-refractivity contribution in [3.63, 3.8) is 0 Å². The second-order valence-corrected chi connectivity index (χ2v) is 16.6. The summed E-state index contributed by atoms with van der Waals surface area (Å²) in [6.07, 6.45) is 7.02. The van der Waals surface area contributed by atoms with Gasteiger partial charge in [-0.3, -0.25) is 19.1 Å². The molecule has 5 atom stereocenters. The molecule has 4 N–H and O–H groups in total. The van der Waals surface area contributed by atoms with Crippen LogP contribution in [-0.2, 0) is 24.4 Å². The molecule has 2 aliphatic heterocycles. The highest BCUT2D eigenvalue weighted by Gasteiger charge is 2.63. The molecule has 0 bridgehead atoms. The third-order valence-electron chi connectivity index (χ3n) is 10.3. The number of carbonyl (C=O) groups excluding carboxylic acids is 3. The van der Waals surface area contributed by atoms with Gasteiger partial charge in [0.25, 0.3) is 5.91 Å². The van der Waals surface area contributed by atoms with Crippen LogP contribution in [0.5, 0.6) is 17.4 Å². The Hall–Kier alpha value is -3.91. The Balaban J connectivity index is 1.31. The highest BCUT2D eigenvalue weighted by atomic mass is 32.2. The van der Waals surface area contributed by atoms with Crippen molar-refractivity contribution < 1.29 is 37.0 Å². The maximum atomic E-state index is 14.1. The SMILES string of the molecule is COc1ccc2c(O[C@@H]3C[C@H]4C(=O)N[C@]5(C(=O)NS(=O)(=O)C6(C)CC6)CC5/C=C\CCCC[C@H](N)C(=O)N4C3)cc(OC(C)C)nc2c1C. The molecule has 3 amide bonds. The van der Waals surface area contributed by atoms with Crippen molar-refractivity contribution in [1.82, 2.24) is 19.9 Å². The fraction of sp³-hybridized carbons (Fsp3) is 0.600. The average Bonchev–Trinajstić information content (AvgIpc) is 3.92. The molecule has 3 heterocycles. The first-order chi connectivity index (χ1) is 23.2. The number of rotatable bonds is 8. The molecule has 1 saturated heterocycles. The molecule has 1 unspecified atom stereocenters. The van der Waals surface area contributed by atoms with E-state index in [1.54, 1.807) is 20.1 Å². The number of amides is 3. The fourth-order valence-electron chi connectivity index (χ4n) is 6.82. The zero-order valence-electron chi connectivity index (χ0n) is 28.8. The van der Waals surface area contributed by atoms with E-state index < -0.39 is 50.3 Å². The number of methoxy groups -OCH3 is 1. The molecule has 14 heteroatoms. The number of sulfonamides is 1. The monoisotopic (exact) mass is 697 g/mol. The Bertz CT molecular complexity index is 1790. The van der Waals surface area contributed by atoms with Crippen LogP contribution in [0.2, 0.25) is 0 Å². The van der Waals surface area contributed by atoms with Gasteiger partial charge in [-0.1, -0.05) is 18.6 Å². The normalized spacial score (nSPS) is 28.9. The third-order valence-corrected chi connectivity index (χ3v) is 12.4. The number of hydrogen-bond donors (Lipinski definition) is 3. The molecule has 2 saturated carbocycles. The van der Waals surface area contributed by atoms with E-state index in [4.69, 9.17) is 24.9 Å². The van der Waals surface area contributed by atoms with Gasteiger partial charge in [0.2, 0.25) is 27.7 Å². The van der Waals surface area contributed by atoms with Crippen molar-refractivity contribution in [2.45, 2.75) is 114 Å². The summed E-state index contributed by atoms with van der Waals surface area (Å²) < 4.78 is 45.3. The Kier molecular flexibility index (Phi) is 9.33. The minimum Gasteiger partial charge on any atom is -0.496 e. The van der Waals surface area contributed by atoms with E-state index in [2.05, 4.69) is 10.0 Å². The van der Waals surface area contributed by atoms with Gasteiger partial charge in [0.05, 0.1) is 36.1 Å². The van der Waals surface area contributed by atoms with Crippen molar-refractivity contribution in [3.8, 4) is 17.4 Å². The van der Waals surface area contributed by atoms with Crippen molar-refractivity contribution in [2.24, 2.45) is 11.7 Å². The van der Waals surface area contributed by atoms with Crippen LogP contribution in [-0.4, -0.2) is 84.3 Å². The van der Waals surface area contributed by atoms with E-state index >= 15 is 0 Å². The largest absolute Gasteiger partial charge is 0.496 e. The van der Waals surface area contributed by atoms with Gasteiger partial charge in [-0.05, 0) is 78.4 Å². The number of ether oxygens (including phenoxy) is 3. The number of allylic oxidation sites excluding steroid dienone is 1. The number of fused-ring (bicyclic) bond motifs is 3. The number of nitrogens with one attached hydrogen (secondary N) is 2. The molecule has 0 radical (unpaired) electrons. The summed E-state index contributed by atoms with van der Waals surface area (Å²) >= 11 is 0. The maximum absolute atomic E-state index is 14.1. The lowest BCUT2D eigenvalue weighted by atomic mass is 10.0. The summed E-state index contributed by atoms with van der Waals surface area (Å²) in [6, 6.07) is 3.56. The number of aromatic nitrogens is 1. The lowest BCUT2D eigenvalue weighted by Gasteiger charge is -2.28. The Morgan fingerprint density at radius 3 is 2.63 bits per heavy atom. The van der Waals surface area contributed by atoms with Gasteiger partial charge in [-0.15, -0.1) is 0 Å². The maximum Gasteiger partial charge on any atom is 0.259 e. The molecule has 0 spiro atoms. The molecule has 266 valence electrons. The molecule has 13 nitrogen and oxygen atoms in total. The lowest BCUT2D eigenvalue weighted by molar-refractivity contribution is -0.140. The molecular formula is C35H47N5O8S. The topological polar surface area (TPSA) is 179 Å². The van der Waals surface area contributed by atoms with Gasteiger partial charge >= 0.3 is 0 Å². The summed E-state index contributed by atoms with van der Waals surface area (Å²) in [5.74, 6) is -0.594. The zero-order valence-corrected chi connectivity index (χ0v) is 29.6. The van der Waals surface area contributed by atoms with Crippen molar-refractivity contribution in [1.29, 1.82) is 0 Å². The van der Waals surface area contributed by atoms with Gasteiger partial charge in [0, 0.05) is 29.4 Å². The van der Waals surface area contributed by atoms with Crippen LogP contribution < -0.4 is 30.0 Å². The van der Waals surface area contributed by atoms with Gasteiger partial charge < -0.3 is 30.2 Å². The Morgan fingerprint density at radius 2 is 1.94 bits per heavy atom.